The lowest BCUT2D eigenvalue weighted by molar-refractivity contribution is 0.783. The number of hydrogen-bond acceptors (Lipinski definition) is 7. The normalized spacial score (nSPS) is 11.0. The van der Waals surface area contributed by atoms with Gasteiger partial charge in [-0.15, -0.1) is 0 Å². The molecule has 0 aliphatic carbocycles. The first kappa shape index (κ1) is 16.2. The number of nitrogens with zero attached hydrogens (tertiary/aromatic N) is 6. The molecule has 0 bridgehead atoms. The van der Waals surface area contributed by atoms with Gasteiger partial charge in [-0.3, -0.25) is 0 Å². The molecule has 4 aromatic rings. The minimum absolute atomic E-state index is 0.198. The molecule has 3 aromatic heterocycles. The van der Waals surface area contributed by atoms with Gasteiger partial charge in [-0.05, 0) is 25.1 Å². The molecule has 0 saturated carbocycles. The second kappa shape index (κ2) is 6.57. The summed E-state index contributed by atoms with van der Waals surface area (Å²) in [4.78, 5) is 21.7. The van der Waals surface area contributed by atoms with Crippen LogP contribution in [0.3, 0.4) is 0 Å². The first-order valence-electron chi connectivity index (χ1n) is 7.99. The topological polar surface area (TPSA) is 107 Å². The van der Waals surface area contributed by atoms with Gasteiger partial charge in [0.05, 0.1) is 16.9 Å². The molecular formula is C17H15ClN8. The highest BCUT2D eigenvalue weighted by Crippen LogP contribution is 2.26. The Kier molecular flexibility index (Phi) is 4.10. The van der Waals surface area contributed by atoms with E-state index in [2.05, 4.69) is 30.2 Å². The first-order valence-corrected chi connectivity index (χ1v) is 8.37. The lowest BCUT2D eigenvalue weighted by Gasteiger charge is -2.07. The minimum atomic E-state index is 0.198. The van der Waals surface area contributed by atoms with Gasteiger partial charge in [-0.25, -0.2) is 19.9 Å². The average Bonchev–Trinajstić information content (AvgIpc) is 3.01. The third kappa shape index (κ3) is 2.91. The maximum Gasteiger partial charge on any atom is 0.229 e. The molecule has 3 heterocycles. The summed E-state index contributed by atoms with van der Waals surface area (Å²) in [5, 5.41) is 3.73. The Balaban J connectivity index is 1.80. The van der Waals surface area contributed by atoms with Crippen LogP contribution in [-0.4, -0.2) is 29.5 Å². The van der Waals surface area contributed by atoms with E-state index in [0.717, 1.165) is 5.69 Å². The molecule has 0 aliphatic heterocycles. The lowest BCUT2D eigenvalue weighted by Crippen LogP contribution is -2.03. The van der Waals surface area contributed by atoms with E-state index in [1.807, 2.05) is 29.7 Å². The van der Waals surface area contributed by atoms with Crippen LogP contribution < -0.4 is 11.1 Å². The summed E-state index contributed by atoms with van der Waals surface area (Å²) >= 11 is 6.19. The smallest absolute Gasteiger partial charge is 0.229 e. The third-order valence-corrected chi connectivity index (χ3v) is 4.16. The average molecular weight is 367 g/mol. The number of imidazole rings is 1. The number of para-hydroxylation sites is 1. The number of rotatable bonds is 4. The number of anilines is 3. The fourth-order valence-corrected chi connectivity index (χ4v) is 2.84. The van der Waals surface area contributed by atoms with Crippen molar-refractivity contribution in [3.8, 4) is 11.5 Å². The number of nitrogens with two attached hydrogens (primary N) is 1. The minimum Gasteiger partial charge on any atom is -0.368 e. The Morgan fingerprint density at radius 2 is 1.96 bits per heavy atom. The van der Waals surface area contributed by atoms with Crippen molar-refractivity contribution in [3.05, 3.63) is 47.7 Å². The van der Waals surface area contributed by atoms with Crippen molar-refractivity contribution in [2.45, 2.75) is 13.5 Å². The van der Waals surface area contributed by atoms with Crippen molar-refractivity contribution in [2.75, 3.05) is 11.1 Å². The summed E-state index contributed by atoms with van der Waals surface area (Å²) in [5.41, 5.74) is 8.44. The predicted molar refractivity (Wildman–Crippen MR) is 101 cm³/mol. The summed E-state index contributed by atoms with van der Waals surface area (Å²) in [6, 6.07) is 9.18. The number of nitrogen functional groups attached to an aromatic ring is 1. The second-order valence-electron chi connectivity index (χ2n) is 5.49. The standard InChI is InChI=1S/C17H15ClN8/c1-2-26-14(12-7-8-20-16(19)23-12)22-13-9-21-17(25-15(13)26)24-11-6-4-3-5-10(11)18/h3-9H,2H2,1H3,(H2,19,20,23)(H,21,24,25). The molecule has 0 spiro atoms. The van der Waals surface area contributed by atoms with Crippen LogP contribution in [0.25, 0.3) is 22.7 Å². The number of aromatic nitrogens is 6. The van der Waals surface area contributed by atoms with Gasteiger partial charge < -0.3 is 15.6 Å². The maximum atomic E-state index is 6.19. The molecule has 9 heteroatoms. The molecule has 0 saturated heterocycles. The van der Waals surface area contributed by atoms with Gasteiger partial charge in [0.15, 0.2) is 11.5 Å². The highest BCUT2D eigenvalue weighted by atomic mass is 35.5. The summed E-state index contributed by atoms with van der Waals surface area (Å²) < 4.78 is 1.95. The summed E-state index contributed by atoms with van der Waals surface area (Å²) in [6.45, 7) is 2.68. The van der Waals surface area contributed by atoms with Crippen LogP contribution in [0.4, 0.5) is 17.6 Å². The van der Waals surface area contributed by atoms with E-state index in [1.165, 1.54) is 0 Å². The van der Waals surface area contributed by atoms with Crippen molar-refractivity contribution >= 4 is 40.3 Å². The summed E-state index contributed by atoms with van der Waals surface area (Å²) in [7, 11) is 0. The van der Waals surface area contributed by atoms with Crippen molar-refractivity contribution in [3.63, 3.8) is 0 Å². The predicted octanol–water partition coefficient (Wildman–Crippen LogP) is 3.28. The summed E-state index contributed by atoms with van der Waals surface area (Å²) in [5.74, 6) is 1.30. The van der Waals surface area contributed by atoms with Gasteiger partial charge >= 0.3 is 0 Å². The number of benzene rings is 1. The maximum absolute atomic E-state index is 6.19. The molecule has 0 amide bonds. The van der Waals surface area contributed by atoms with Crippen LogP contribution in [0.15, 0.2) is 42.7 Å². The monoisotopic (exact) mass is 366 g/mol. The molecule has 130 valence electrons. The SMILES string of the molecule is CCn1c(-c2ccnc(N)n2)nc2cnc(Nc3ccccc3Cl)nc21. The molecule has 0 radical (unpaired) electrons. The fourth-order valence-electron chi connectivity index (χ4n) is 2.66. The number of hydrogen-bond donors (Lipinski definition) is 2. The highest BCUT2D eigenvalue weighted by Gasteiger charge is 2.15. The van der Waals surface area contributed by atoms with E-state index in [-0.39, 0.29) is 5.95 Å². The molecule has 26 heavy (non-hydrogen) atoms. The molecule has 0 atom stereocenters. The zero-order valence-corrected chi connectivity index (χ0v) is 14.6. The van der Waals surface area contributed by atoms with Crippen molar-refractivity contribution < 1.29 is 0 Å². The molecular weight excluding hydrogens is 352 g/mol. The van der Waals surface area contributed by atoms with Crippen LogP contribution in [0.1, 0.15) is 6.92 Å². The number of fused-ring (bicyclic) bond motifs is 1. The third-order valence-electron chi connectivity index (χ3n) is 3.83. The molecule has 0 fully saturated rings. The van der Waals surface area contributed by atoms with Gasteiger partial charge in [0.25, 0.3) is 0 Å². The van der Waals surface area contributed by atoms with Crippen molar-refractivity contribution in [1.29, 1.82) is 0 Å². The van der Waals surface area contributed by atoms with Gasteiger partial charge in [0, 0.05) is 12.7 Å². The van der Waals surface area contributed by atoms with Crippen LogP contribution in [0, 0.1) is 0 Å². The van der Waals surface area contributed by atoms with E-state index >= 15 is 0 Å². The number of halogens is 1. The van der Waals surface area contributed by atoms with Crippen molar-refractivity contribution in [2.24, 2.45) is 0 Å². The van der Waals surface area contributed by atoms with Gasteiger partial charge in [-0.2, -0.15) is 4.98 Å². The van der Waals surface area contributed by atoms with Crippen LogP contribution in [0.5, 0.6) is 0 Å². The summed E-state index contributed by atoms with van der Waals surface area (Å²) in [6.07, 6.45) is 3.27. The fraction of sp³-hybridized carbons (Fsp3) is 0.118. The van der Waals surface area contributed by atoms with Crippen LogP contribution in [0.2, 0.25) is 5.02 Å². The van der Waals surface area contributed by atoms with E-state index in [4.69, 9.17) is 17.3 Å². The van der Waals surface area contributed by atoms with Crippen LogP contribution >= 0.6 is 11.6 Å². The quantitative estimate of drug-likeness (QED) is 0.570. The van der Waals surface area contributed by atoms with Crippen LogP contribution in [-0.2, 0) is 6.54 Å². The Morgan fingerprint density at radius 1 is 1.12 bits per heavy atom. The van der Waals surface area contributed by atoms with Crippen molar-refractivity contribution in [1.82, 2.24) is 29.5 Å². The van der Waals surface area contributed by atoms with E-state index in [9.17, 15) is 0 Å². The first-order chi connectivity index (χ1) is 12.7. The lowest BCUT2D eigenvalue weighted by atomic mass is 10.3. The second-order valence-corrected chi connectivity index (χ2v) is 5.89. The van der Waals surface area contributed by atoms with Gasteiger partial charge in [0.1, 0.15) is 11.2 Å². The molecule has 3 N–H and O–H groups in total. The molecule has 0 aliphatic rings. The van der Waals surface area contributed by atoms with E-state index in [1.54, 1.807) is 24.5 Å². The Morgan fingerprint density at radius 3 is 2.73 bits per heavy atom. The van der Waals surface area contributed by atoms with E-state index in [0.29, 0.717) is 40.2 Å². The largest absolute Gasteiger partial charge is 0.368 e. The zero-order chi connectivity index (χ0) is 18.1. The Hall–Kier alpha value is -3.26. The molecule has 0 unspecified atom stereocenters. The van der Waals surface area contributed by atoms with Gasteiger partial charge in [0.2, 0.25) is 11.9 Å². The zero-order valence-electron chi connectivity index (χ0n) is 13.9. The Labute approximate surface area is 154 Å². The number of nitrogens with one attached hydrogen (secondary N) is 1. The highest BCUT2D eigenvalue weighted by molar-refractivity contribution is 6.33. The van der Waals surface area contributed by atoms with Gasteiger partial charge in [-0.1, -0.05) is 23.7 Å². The number of aryl methyl sites for hydroxylation is 1. The molecule has 1 aromatic carbocycles. The Bertz CT molecular complexity index is 1090. The molecule has 4 rings (SSSR count). The van der Waals surface area contributed by atoms with E-state index < -0.39 is 0 Å². The molecule has 8 nitrogen and oxygen atoms in total.